The van der Waals surface area contributed by atoms with Crippen molar-refractivity contribution in [3.63, 3.8) is 0 Å². The number of aryl methyl sites for hydroxylation is 1. The topological polar surface area (TPSA) is 12.0 Å². The fourth-order valence-electron chi connectivity index (χ4n) is 2.43. The highest BCUT2D eigenvalue weighted by atomic mass is 79.9. The smallest absolute Gasteiger partial charge is 0.0438 e. The molecule has 3 heteroatoms. The van der Waals surface area contributed by atoms with Gasteiger partial charge in [0.25, 0.3) is 0 Å². The lowest BCUT2D eigenvalue weighted by Crippen LogP contribution is -2.24. The first-order valence-corrected chi connectivity index (χ1v) is 8.52. The van der Waals surface area contributed by atoms with E-state index in [1.54, 1.807) is 0 Å². The first-order valence-electron chi connectivity index (χ1n) is 7.35. The molecule has 0 bridgehead atoms. The monoisotopic (exact) mass is 365 g/mol. The standard InChI is InChI=1S/C18H21BrClN/c1-3-11-21-17(12-14-8-4-5-10-16(14)20)15-9-6-7-13(2)18(15)19/h4-10,17,21H,3,11-12H2,1-2H3. The Morgan fingerprint density at radius 3 is 2.62 bits per heavy atom. The molecule has 0 heterocycles. The summed E-state index contributed by atoms with van der Waals surface area (Å²) < 4.78 is 1.19. The van der Waals surface area contributed by atoms with Crippen LogP contribution in [0, 0.1) is 6.92 Å². The zero-order valence-corrected chi connectivity index (χ0v) is 14.8. The fourth-order valence-corrected chi connectivity index (χ4v) is 3.19. The Bertz CT molecular complexity index is 598. The van der Waals surface area contributed by atoms with E-state index in [-0.39, 0.29) is 6.04 Å². The van der Waals surface area contributed by atoms with Crippen molar-refractivity contribution in [1.29, 1.82) is 0 Å². The van der Waals surface area contributed by atoms with Gasteiger partial charge in [-0.25, -0.2) is 0 Å². The van der Waals surface area contributed by atoms with Crippen LogP contribution < -0.4 is 5.32 Å². The molecule has 112 valence electrons. The van der Waals surface area contributed by atoms with Crippen molar-refractivity contribution in [2.45, 2.75) is 32.7 Å². The highest BCUT2D eigenvalue weighted by Gasteiger charge is 2.16. The molecule has 0 saturated carbocycles. The van der Waals surface area contributed by atoms with Crippen LogP contribution in [0.15, 0.2) is 46.9 Å². The maximum atomic E-state index is 6.32. The largest absolute Gasteiger partial charge is 0.310 e. The molecule has 0 aromatic heterocycles. The van der Waals surface area contributed by atoms with Gasteiger partial charge in [-0.15, -0.1) is 0 Å². The third-order valence-electron chi connectivity index (χ3n) is 3.62. The quantitative estimate of drug-likeness (QED) is 0.692. The van der Waals surface area contributed by atoms with Gasteiger partial charge in [-0.05, 0) is 49.1 Å². The van der Waals surface area contributed by atoms with Gasteiger partial charge in [-0.2, -0.15) is 0 Å². The van der Waals surface area contributed by atoms with E-state index in [0.717, 1.165) is 24.4 Å². The van der Waals surface area contributed by atoms with Crippen LogP contribution >= 0.6 is 27.5 Å². The Morgan fingerprint density at radius 1 is 1.14 bits per heavy atom. The lowest BCUT2D eigenvalue weighted by Gasteiger charge is -2.22. The molecule has 0 amide bonds. The summed E-state index contributed by atoms with van der Waals surface area (Å²) in [5.41, 5.74) is 3.74. The van der Waals surface area contributed by atoms with Gasteiger partial charge in [0.1, 0.15) is 0 Å². The van der Waals surface area contributed by atoms with Crippen molar-refractivity contribution in [3.05, 3.63) is 68.7 Å². The van der Waals surface area contributed by atoms with Gasteiger partial charge in [0.2, 0.25) is 0 Å². The first kappa shape index (κ1) is 16.5. The minimum absolute atomic E-state index is 0.263. The van der Waals surface area contributed by atoms with Gasteiger partial charge in [0, 0.05) is 15.5 Å². The van der Waals surface area contributed by atoms with Crippen LogP contribution in [-0.2, 0) is 6.42 Å². The average Bonchev–Trinajstić information content (AvgIpc) is 2.48. The van der Waals surface area contributed by atoms with E-state index in [1.807, 2.05) is 18.2 Å². The lowest BCUT2D eigenvalue weighted by molar-refractivity contribution is 0.527. The number of halogens is 2. The summed E-state index contributed by atoms with van der Waals surface area (Å²) in [6.45, 7) is 5.31. The lowest BCUT2D eigenvalue weighted by atomic mass is 9.97. The number of rotatable bonds is 6. The molecule has 0 saturated heterocycles. The minimum Gasteiger partial charge on any atom is -0.310 e. The second kappa shape index (κ2) is 7.98. The molecule has 1 unspecified atom stereocenters. The van der Waals surface area contributed by atoms with Gasteiger partial charge in [-0.3, -0.25) is 0 Å². The molecule has 0 aliphatic heterocycles. The van der Waals surface area contributed by atoms with Crippen LogP contribution in [0.2, 0.25) is 5.02 Å². The molecular formula is C18H21BrClN. The summed E-state index contributed by atoms with van der Waals surface area (Å²) in [4.78, 5) is 0. The van der Waals surface area contributed by atoms with Crippen molar-refractivity contribution < 1.29 is 0 Å². The highest BCUT2D eigenvalue weighted by Crippen LogP contribution is 2.30. The Hall–Kier alpha value is -0.830. The van der Waals surface area contributed by atoms with Gasteiger partial charge in [0.05, 0.1) is 0 Å². The van der Waals surface area contributed by atoms with Crippen molar-refractivity contribution in [1.82, 2.24) is 5.32 Å². The van der Waals surface area contributed by atoms with Crippen LogP contribution in [0.4, 0.5) is 0 Å². The van der Waals surface area contributed by atoms with E-state index < -0.39 is 0 Å². The molecule has 21 heavy (non-hydrogen) atoms. The SMILES string of the molecule is CCCNC(Cc1ccccc1Cl)c1cccc(C)c1Br. The van der Waals surface area contributed by atoms with E-state index in [2.05, 4.69) is 59.4 Å². The van der Waals surface area contributed by atoms with E-state index in [4.69, 9.17) is 11.6 Å². The number of hydrogen-bond donors (Lipinski definition) is 1. The Morgan fingerprint density at radius 2 is 1.90 bits per heavy atom. The van der Waals surface area contributed by atoms with Crippen LogP contribution in [0.5, 0.6) is 0 Å². The number of benzene rings is 2. The Labute approximate surface area is 140 Å². The third kappa shape index (κ3) is 4.32. The molecule has 0 aliphatic carbocycles. The average molecular weight is 367 g/mol. The van der Waals surface area contributed by atoms with Crippen LogP contribution in [-0.4, -0.2) is 6.54 Å². The molecule has 2 rings (SSSR count). The van der Waals surface area contributed by atoms with Gasteiger partial charge in [-0.1, -0.05) is 70.9 Å². The predicted molar refractivity (Wildman–Crippen MR) is 95.1 cm³/mol. The number of hydrogen-bond acceptors (Lipinski definition) is 1. The summed E-state index contributed by atoms with van der Waals surface area (Å²) in [6, 6.07) is 14.8. The molecule has 2 aromatic rings. The van der Waals surface area contributed by atoms with Gasteiger partial charge in [0.15, 0.2) is 0 Å². The summed E-state index contributed by atoms with van der Waals surface area (Å²) in [5.74, 6) is 0. The van der Waals surface area contributed by atoms with Gasteiger partial charge >= 0.3 is 0 Å². The maximum absolute atomic E-state index is 6.32. The highest BCUT2D eigenvalue weighted by molar-refractivity contribution is 9.10. The normalized spacial score (nSPS) is 12.4. The Balaban J connectivity index is 2.30. The molecule has 1 N–H and O–H groups in total. The molecule has 2 aromatic carbocycles. The molecule has 0 fully saturated rings. The van der Waals surface area contributed by atoms with Crippen molar-refractivity contribution in [2.75, 3.05) is 6.54 Å². The van der Waals surface area contributed by atoms with Crippen LogP contribution in [0.1, 0.15) is 36.1 Å². The minimum atomic E-state index is 0.263. The molecule has 1 atom stereocenters. The van der Waals surface area contributed by atoms with Gasteiger partial charge < -0.3 is 5.32 Å². The van der Waals surface area contributed by atoms with Crippen LogP contribution in [0.3, 0.4) is 0 Å². The number of nitrogens with one attached hydrogen (secondary N) is 1. The molecule has 1 nitrogen and oxygen atoms in total. The molecule has 0 spiro atoms. The van der Waals surface area contributed by atoms with E-state index in [0.29, 0.717) is 0 Å². The zero-order chi connectivity index (χ0) is 15.2. The fraction of sp³-hybridized carbons (Fsp3) is 0.333. The van der Waals surface area contributed by atoms with Crippen molar-refractivity contribution >= 4 is 27.5 Å². The summed E-state index contributed by atoms with van der Waals surface area (Å²) in [6.07, 6.45) is 2.00. The maximum Gasteiger partial charge on any atom is 0.0438 e. The molecular weight excluding hydrogens is 346 g/mol. The summed E-state index contributed by atoms with van der Waals surface area (Å²) in [5, 5.41) is 4.48. The second-order valence-electron chi connectivity index (χ2n) is 5.28. The summed E-state index contributed by atoms with van der Waals surface area (Å²) in [7, 11) is 0. The molecule has 0 aliphatic rings. The zero-order valence-electron chi connectivity index (χ0n) is 12.5. The summed E-state index contributed by atoms with van der Waals surface area (Å²) >= 11 is 10.1. The molecule has 0 radical (unpaired) electrons. The Kier molecular flexibility index (Phi) is 6.28. The third-order valence-corrected chi connectivity index (χ3v) is 5.07. The van der Waals surface area contributed by atoms with E-state index in [1.165, 1.54) is 21.2 Å². The predicted octanol–water partition coefficient (Wildman–Crippen LogP) is 5.69. The first-order chi connectivity index (χ1) is 10.1. The van der Waals surface area contributed by atoms with Crippen LogP contribution in [0.25, 0.3) is 0 Å². The van der Waals surface area contributed by atoms with Crippen molar-refractivity contribution in [3.8, 4) is 0 Å². The van der Waals surface area contributed by atoms with Crippen molar-refractivity contribution in [2.24, 2.45) is 0 Å². The second-order valence-corrected chi connectivity index (χ2v) is 6.48. The van der Waals surface area contributed by atoms with E-state index in [9.17, 15) is 0 Å². The van der Waals surface area contributed by atoms with E-state index >= 15 is 0 Å².